The van der Waals surface area contributed by atoms with E-state index in [9.17, 15) is 14.9 Å². The number of para-hydroxylation sites is 1. The summed E-state index contributed by atoms with van der Waals surface area (Å²) >= 11 is 2.73. The molecule has 0 bridgehead atoms. The van der Waals surface area contributed by atoms with Gasteiger partial charge in [-0.25, -0.2) is 0 Å². The molecule has 0 saturated heterocycles. The van der Waals surface area contributed by atoms with Gasteiger partial charge in [-0.2, -0.15) is 5.26 Å². The summed E-state index contributed by atoms with van der Waals surface area (Å²) in [5.74, 6) is -0.416. The highest BCUT2D eigenvalue weighted by molar-refractivity contribution is 8.03. The van der Waals surface area contributed by atoms with E-state index in [2.05, 4.69) is 16.7 Å². The third kappa shape index (κ3) is 4.46. The van der Waals surface area contributed by atoms with Crippen LogP contribution in [0.1, 0.15) is 35.3 Å². The number of thiophene rings is 1. The van der Waals surface area contributed by atoms with Crippen LogP contribution in [0.2, 0.25) is 0 Å². The van der Waals surface area contributed by atoms with Crippen molar-refractivity contribution in [3.63, 3.8) is 0 Å². The number of nitrogens with zero attached hydrogens (tertiary/aromatic N) is 1. The number of hydrogen-bond donors (Lipinski definition) is 2. The standard InChI is InChI=1S/C21H21N3O2S2/c1-3-14-7-4-6-13(2)20(14)23-19(26)12-28-21-16(11-22)15(10-18(25)24-21)17-8-5-9-27-17/h4-9,15H,3,10,12H2,1-2H3,(H,23,26)(H,24,25)/t15-/m1/s1. The Balaban J connectivity index is 1.74. The second kappa shape index (κ2) is 9.09. The van der Waals surface area contributed by atoms with Gasteiger partial charge in [0.05, 0.1) is 22.4 Å². The van der Waals surface area contributed by atoms with Gasteiger partial charge in [0.15, 0.2) is 0 Å². The van der Waals surface area contributed by atoms with Gasteiger partial charge in [-0.1, -0.05) is 43.0 Å². The minimum Gasteiger partial charge on any atom is -0.325 e. The molecule has 1 aliphatic rings. The van der Waals surface area contributed by atoms with E-state index >= 15 is 0 Å². The first-order valence-electron chi connectivity index (χ1n) is 9.02. The van der Waals surface area contributed by atoms with E-state index in [1.54, 1.807) is 0 Å². The number of carbonyl (C=O) groups is 2. The Labute approximate surface area is 172 Å². The van der Waals surface area contributed by atoms with E-state index in [1.165, 1.54) is 23.1 Å². The molecule has 2 heterocycles. The number of hydrogen-bond acceptors (Lipinski definition) is 5. The van der Waals surface area contributed by atoms with E-state index in [-0.39, 0.29) is 29.9 Å². The monoisotopic (exact) mass is 411 g/mol. The van der Waals surface area contributed by atoms with Gasteiger partial charge in [-0.3, -0.25) is 9.59 Å². The van der Waals surface area contributed by atoms with Crippen LogP contribution in [0.3, 0.4) is 0 Å². The predicted molar refractivity (Wildman–Crippen MR) is 114 cm³/mol. The van der Waals surface area contributed by atoms with Crippen molar-refractivity contribution in [2.24, 2.45) is 0 Å². The van der Waals surface area contributed by atoms with Crippen LogP contribution in [0.15, 0.2) is 46.3 Å². The Morgan fingerprint density at radius 1 is 1.39 bits per heavy atom. The van der Waals surface area contributed by atoms with Gasteiger partial charge in [0, 0.05) is 22.9 Å². The second-order valence-corrected chi connectivity index (χ2v) is 8.44. The lowest BCUT2D eigenvalue weighted by molar-refractivity contribution is -0.121. The van der Waals surface area contributed by atoms with Crippen LogP contribution in [-0.2, 0) is 16.0 Å². The molecule has 0 radical (unpaired) electrons. The average molecular weight is 412 g/mol. The van der Waals surface area contributed by atoms with Gasteiger partial charge < -0.3 is 10.6 Å². The van der Waals surface area contributed by atoms with E-state index < -0.39 is 0 Å². The Morgan fingerprint density at radius 3 is 2.89 bits per heavy atom. The molecule has 28 heavy (non-hydrogen) atoms. The molecule has 2 amide bonds. The summed E-state index contributed by atoms with van der Waals surface area (Å²) in [4.78, 5) is 25.6. The molecule has 1 aliphatic heterocycles. The van der Waals surface area contributed by atoms with Gasteiger partial charge >= 0.3 is 0 Å². The summed E-state index contributed by atoms with van der Waals surface area (Å²) < 4.78 is 0. The quantitative estimate of drug-likeness (QED) is 0.741. The second-order valence-electron chi connectivity index (χ2n) is 6.47. The lowest BCUT2D eigenvalue weighted by Crippen LogP contribution is -2.31. The van der Waals surface area contributed by atoms with Crippen LogP contribution >= 0.6 is 23.1 Å². The van der Waals surface area contributed by atoms with Gasteiger partial charge in [0.2, 0.25) is 11.8 Å². The zero-order valence-electron chi connectivity index (χ0n) is 15.7. The molecule has 0 unspecified atom stereocenters. The number of amides is 2. The van der Waals surface area contributed by atoms with Crippen LogP contribution in [0.4, 0.5) is 5.69 Å². The highest BCUT2D eigenvalue weighted by atomic mass is 32.2. The van der Waals surface area contributed by atoms with Crippen molar-refractivity contribution in [1.82, 2.24) is 5.32 Å². The molecule has 1 aromatic carbocycles. The molecule has 1 aromatic heterocycles. The van der Waals surface area contributed by atoms with Gasteiger partial charge in [-0.05, 0) is 35.9 Å². The summed E-state index contributed by atoms with van der Waals surface area (Å²) in [5, 5.41) is 17.8. The summed E-state index contributed by atoms with van der Waals surface area (Å²) in [5.41, 5.74) is 3.46. The number of aryl methyl sites for hydroxylation is 2. The summed E-state index contributed by atoms with van der Waals surface area (Å²) in [7, 11) is 0. The largest absolute Gasteiger partial charge is 0.325 e. The van der Waals surface area contributed by atoms with Crippen molar-refractivity contribution in [2.45, 2.75) is 32.6 Å². The summed E-state index contributed by atoms with van der Waals surface area (Å²) in [6, 6.07) is 12.0. The number of benzene rings is 1. The first-order valence-corrected chi connectivity index (χ1v) is 10.9. The molecule has 2 N–H and O–H groups in total. The summed E-state index contributed by atoms with van der Waals surface area (Å²) in [6.07, 6.45) is 1.08. The van der Waals surface area contributed by atoms with Gasteiger partial charge in [-0.15, -0.1) is 11.3 Å². The third-order valence-electron chi connectivity index (χ3n) is 4.59. The number of carbonyl (C=O) groups excluding carboxylic acids is 2. The van der Waals surface area contributed by atoms with Crippen LogP contribution < -0.4 is 10.6 Å². The fourth-order valence-corrected chi connectivity index (χ4v) is 4.89. The van der Waals surface area contributed by atoms with Crippen molar-refractivity contribution >= 4 is 40.6 Å². The Kier molecular flexibility index (Phi) is 6.55. The average Bonchev–Trinajstić information content (AvgIpc) is 3.22. The molecule has 5 nitrogen and oxygen atoms in total. The molecular formula is C21H21N3O2S2. The molecule has 144 valence electrons. The number of nitrogens with one attached hydrogen (secondary N) is 2. The maximum absolute atomic E-state index is 12.5. The van der Waals surface area contributed by atoms with Gasteiger partial charge in [0.25, 0.3) is 0 Å². The first-order chi connectivity index (χ1) is 13.5. The molecule has 0 saturated carbocycles. The predicted octanol–water partition coefficient (Wildman–Crippen LogP) is 4.33. The van der Waals surface area contributed by atoms with Crippen molar-refractivity contribution in [1.29, 1.82) is 5.26 Å². The maximum Gasteiger partial charge on any atom is 0.234 e. The van der Waals surface area contributed by atoms with Crippen LogP contribution in [-0.4, -0.2) is 17.6 Å². The highest BCUT2D eigenvalue weighted by Gasteiger charge is 2.30. The van der Waals surface area contributed by atoms with Crippen molar-refractivity contribution in [3.8, 4) is 6.07 Å². The summed E-state index contributed by atoms with van der Waals surface area (Å²) in [6.45, 7) is 4.01. The van der Waals surface area contributed by atoms with Crippen molar-refractivity contribution < 1.29 is 9.59 Å². The van der Waals surface area contributed by atoms with E-state index in [4.69, 9.17) is 0 Å². The minimum absolute atomic E-state index is 0.120. The number of rotatable bonds is 6. The molecular weight excluding hydrogens is 390 g/mol. The zero-order valence-corrected chi connectivity index (χ0v) is 17.4. The molecule has 3 rings (SSSR count). The number of allylic oxidation sites excluding steroid dienone is 1. The zero-order chi connectivity index (χ0) is 20.1. The topological polar surface area (TPSA) is 82.0 Å². The lowest BCUT2D eigenvalue weighted by atomic mass is 9.93. The number of nitriles is 1. The van der Waals surface area contributed by atoms with Crippen molar-refractivity contribution in [2.75, 3.05) is 11.1 Å². The molecule has 7 heteroatoms. The fourth-order valence-electron chi connectivity index (χ4n) is 3.18. The molecule has 0 fully saturated rings. The number of thioether (sulfide) groups is 1. The van der Waals surface area contributed by atoms with Crippen LogP contribution in [0.5, 0.6) is 0 Å². The van der Waals surface area contributed by atoms with Gasteiger partial charge in [0.1, 0.15) is 0 Å². The lowest BCUT2D eigenvalue weighted by Gasteiger charge is -2.24. The number of anilines is 1. The molecule has 1 atom stereocenters. The van der Waals surface area contributed by atoms with Crippen LogP contribution in [0.25, 0.3) is 0 Å². The van der Waals surface area contributed by atoms with Crippen molar-refractivity contribution in [3.05, 3.63) is 62.3 Å². The molecule has 2 aromatic rings. The van der Waals surface area contributed by atoms with E-state index in [1.807, 2.05) is 49.6 Å². The molecule has 0 spiro atoms. The SMILES string of the molecule is CCc1cccc(C)c1NC(=O)CSC1=C(C#N)[C@H](c2cccs2)CC(=O)N1. The fraction of sp³-hybridized carbons (Fsp3) is 0.286. The van der Waals surface area contributed by atoms with Crippen LogP contribution in [0, 0.1) is 18.3 Å². The Bertz CT molecular complexity index is 959. The normalized spacial score (nSPS) is 16.5. The maximum atomic E-state index is 12.5. The smallest absolute Gasteiger partial charge is 0.234 e. The Morgan fingerprint density at radius 2 is 2.21 bits per heavy atom. The van der Waals surface area contributed by atoms with E-state index in [0.717, 1.165) is 28.1 Å². The first kappa shape index (κ1) is 20.2. The molecule has 0 aliphatic carbocycles. The minimum atomic E-state index is -0.243. The highest BCUT2D eigenvalue weighted by Crippen LogP contribution is 2.37. The third-order valence-corrected chi connectivity index (χ3v) is 6.60. The van der Waals surface area contributed by atoms with E-state index in [0.29, 0.717) is 10.6 Å². The Hall–Kier alpha value is -2.56.